The summed E-state index contributed by atoms with van der Waals surface area (Å²) >= 11 is 1.32. The van der Waals surface area contributed by atoms with Crippen LogP contribution in [0.2, 0.25) is 0 Å². The third-order valence-corrected chi connectivity index (χ3v) is 7.61. The number of hydrogen-bond donors (Lipinski definition) is 1. The van der Waals surface area contributed by atoms with Crippen LogP contribution < -0.4 is 19.1 Å². The van der Waals surface area contributed by atoms with Crippen LogP contribution >= 0.6 is 11.3 Å². The Hall–Kier alpha value is -4.37. The van der Waals surface area contributed by atoms with Gasteiger partial charge < -0.3 is 19.3 Å². The number of nitrogens with zero attached hydrogens (tertiary/aromatic N) is 2. The number of carbonyl (C=O) groups excluding carboxylic acids is 2. The molecule has 1 aliphatic rings. The first-order chi connectivity index (χ1) is 18.4. The van der Waals surface area contributed by atoms with E-state index in [1.165, 1.54) is 37.6 Å². The van der Waals surface area contributed by atoms with Crippen LogP contribution in [0.1, 0.15) is 29.7 Å². The number of anilines is 1. The van der Waals surface area contributed by atoms with E-state index in [2.05, 4.69) is 6.92 Å². The van der Waals surface area contributed by atoms with Crippen molar-refractivity contribution in [1.82, 2.24) is 4.98 Å². The molecule has 1 saturated heterocycles. The number of carbonyl (C=O) groups is 2. The molecule has 1 amide bonds. The number of ether oxygens (including phenoxy) is 3. The van der Waals surface area contributed by atoms with Crippen molar-refractivity contribution >= 4 is 44.1 Å². The van der Waals surface area contributed by atoms with Crippen molar-refractivity contribution in [1.29, 1.82) is 0 Å². The molecule has 2 heterocycles. The van der Waals surface area contributed by atoms with Gasteiger partial charge in [0.05, 0.1) is 37.1 Å². The lowest BCUT2D eigenvalue weighted by atomic mass is 9.94. The number of rotatable bonds is 7. The van der Waals surface area contributed by atoms with Gasteiger partial charge in [0.15, 0.2) is 5.13 Å². The minimum Gasteiger partial charge on any atom is -0.507 e. The fraction of sp³-hybridized carbons (Fsp3) is 0.207. The molecule has 0 spiro atoms. The first-order valence-corrected chi connectivity index (χ1v) is 12.8. The molecule has 0 saturated carbocycles. The number of hydrogen-bond acceptors (Lipinski definition) is 8. The van der Waals surface area contributed by atoms with E-state index >= 15 is 0 Å². The summed E-state index contributed by atoms with van der Waals surface area (Å²) in [5.41, 5.74) is 2.64. The van der Waals surface area contributed by atoms with Gasteiger partial charge in [-0.15, -0.1) is 0 Å². The van der Waals surface area contributed by atoms with Crippen molar-refractivity contribution in [2.75, 3.05) is 26.2 Å². The fourth-order valence-electron chi connectivity index (χ4n) is 4.56. The molecule has 4 aromatic rings. The highest BCUT2D eigenvalue weighted by Gasteiger charge is 2.49. The average Bonchev–Trinajstić information content (AvgIpc) is 3.49. The molecule has 1 aliphatic heterocycles. The number of Topliss-reactive ketones (excluding diaryl/α,β-unsaturated/α-hetero) is 1. The SMILES string of the molecule is CCc1ccc2nc(N3C(=O)C(=O)C(=C(O)c4ccc(OC)cc4)C3c3cc(OC)ccc3OC)sc2c1. The van der Waals surface area contributed by atoms with Crippen LogP contribution in [0.3, 0.4) is 0 Å². The van der Waals surface area contributed by atoms with E-state index in [1.807, 2.05) is 18.2 Å². The molecule has 194 valence electrons. The maximum absolute atomic E-state index is 13.6. The Morgan fingerprint density at radius 2 is 1.66 bits per heavy atom. The lowest BCUT2D eigenvalue weighted by molar-refractivity contribution is -0.132. The number of aliphatic hydroxyl groups excluding tert-OH is 1. The molecule has 38 heavy (non-hydrogen) atoms. The number of methoxy groups -OCH3 is 3. The minimum atomic E-state index is -1.01. The molecule has 1 N–H and O–H groups in total. The lowest BCUT2D eigenvalue weighted by Gasteiger charge is -2.25. The summed E-state index contributed by atoms with van der Waals surface area (Å²) in [6.45, 7) is 2.07. The Morgan fingerprint density at radius 3 is 2.32 bits per heavy atom. The van der Waals surface area contributed by atoms with Gasteiger partial charge in [-0.1, -0.05) is 24.3 Å². The quantitative estimate of drug-likeness (QED) is 0.191. The van der Waals surface area contributed by atoms with E-state index in [1.54, 1.807) is 42.5 Å². The van der Waals surface area contributed by atoms with Gasteiger partial charge in [0.2, 0.25) is 0 Å². The van der Waals surface area contributed by atoms with Crippen molar-refractivity contribution in [2.45, 2.75) is 19.4 Å². The van der Waals surface area contributed by atoms with Gasteiger partial charge in [-0.3, -0.25) is 14.5 Å². The number of aliphatic hydroxyl groups is 1. The van der Waals surface area contributed by atoms with Crippen molar-refractivity contribution < 1.29 is 28.9 Å². The van der Waals surface area contributed by atoms with Crippen molar-refractivity contribution in [3.05, 3.63) is 82.9 Å². The van der Waals surface area contributed by atoms with Crippen molar-refractivity contribution in [2.24, 2.45) is 0 Å². The number of fused-ring (bicyclic) bond motifs is 1. The monoisotopic (exact) mass is 530 g/mol. The summed E-state index contributed by atoms with van der Waals surface area (Å²) in [4.78, 5) is 33.2. The molecule has 5 rings (SSSR count). The Kier molecular flexibility index (Phi) is 6.77. The van der Waals surface area contributed by atoms with Crippen LogP contribution in [0.25, 0.3) is 16.0 Å². The summed E-state index contributed by atoms with van der Waals surface area (Å²) in [6.07, 6.45) is 0.858. The molecule has 1 atom stereocenters. The standard InChI is InChI=1S/C29H26N2O6S/c1-5-16-6-12-21-23(14-16)38-29(30-21)31-25(20-15-19(36-3)11-13-22(20)37-4)24(27(33)28(31)34)26(32)17-7-9-18(35-2)10-8-17/h6-15,25,32H,5H2,1-4H3. The molecule has 1 aromatic heterocycles. The van der Waals surface area contributed by atoms with Crippen LogP contribution in [0.15, 0.2) is 66.2 Å². The molecule has 1 unspecified atom stereocenters. The van der Waals surface area contributed by atoms with Crippen molar-refractivity contribution in [3.63, 3.8) is 0 Å². The summed E-state index contributed by atoms with van der Waals surface area (Å²) < 4.78 is 17.2. The fourth-order valence-corrected chi connectivity index (χ4v) is 5.62. The van der Waals surface area contributed by atoms with Gasteiger partial charge in [0, 0.05) is 11.1 Å². The second-order valence-corrected chi connectivity index (χ2v) is 9.67. The molecule has 9 heteroatoms. The molecule has 8 nitrogen and oxygen atoms in total. The Labute approximate surface area is 223 Å². The number of benzene rings is 3. The predicted molar refractivity (Wildman–Crippen MR) is 146 cm³/mol. The number of amides is 1. The summed E-state index contributed by atoms with van der Waals surface area (Å²) in [5.74, 6) is -0.386. The van der Waals surface area contributed by atoms with Gasteiger partial charge in [-0.2, -0.15) is 0 Å². The second-order valence-electron chi connectivity index (χ2n) is 8.66. The molecular weight excluding hydrogens is 504 g/mol. The third-order valence-electron chi connectivity index (χ3n) is 6.60. The van der Waals surface area contributed by atoms with Gasteiger partial charge >= 0.3 is 5.91 Å². The third kappa shape index (κ3) is 4.24. The maximum atomic E-state index is 13.6. The topological polar surface area (TPSA) is 98.2 Å². The van der Waals surface area contributed by atoms with Gasteiger partial charge in [-0.05, 0) is 66.6 Å². The van der Waals surface area contributed by atoms with Crippen LogP contribution in [-0.2, 0) is 16.0 Å². The molecule has 0 aliphatic carbocycles. The Morgan fingerprint density at radius 1 is 0.947 bits per heavy atom. The number of thiazole rings is 1. The van der Waals surface area contributed by atoms with E-state index in [4.69, 9.17) is 19.2 Å². The molecule has 1 fully saturated rings. The van der Waals surface area contributed by atoms with Crippen LogP contribution in [0.5, 0.6) is 17.2 Å². The molecule has 3 aromatic carbocycles. The molecule has 0 radical (unpaired) electrons. The van der Waals surface area contributed by atoms with Gasteiger partial charge in [-0.25, -0.2) is 4.98 Å². The Bertz CT molecular complexity index is 1570. The van der Waals surface area contributed by atoms with Crippen LogP contribution in [0, 0.1) is 0 Å². The average molecular weight is 531 g/mol. The predicted octanol–water partition coefficient (Wildman–Crippen LogP) is 5.51. The molecular formula is C29H26N2O6S. The highest BCUT2D eigenvalue weighted by Crippen LogP contribution is 2.47. The van der Waals surface area contributed by atoms with Crippen LogP contribution in [0.4, 0.5) is 5.13 Å². The van der Waals surface area contributed by atoms with Crippen molar-refractivity contribution in [3.8, 4) is 17.2 Å². The van der Waals surface area contributed by atoms with E-state index in [9.17, 15) is 14.7 Å². The summed E-state index contributed by atoms with van der Waals surface area (Å²) in [5, 5.41) is 11.8. The first kappa shape index (κ1) is 25.3. The zero-order chi connectivity index (χ0) is 27.0. The van der Waals surface area contributed by atoms with Gasteiger partial charge in [0.25, 0.3) is 5.78 Å². The first-order valence-electron chi connectivity index (χ1n) is 12.0. The second kappa shape index (κ2) is 10.2. The Balaban J connectivity index is 1.76. The zero-order valence-electron chi connectivity index (χ0n) is 21.3. The minimum absolute atomic E-state index is 0.0692. The number of aryl methyl sites for hydroxylation is 1. The zero-order valence-corrected chi connectivity index (χ0v) is 22.2. The van der Waals surface area contributed by atoms with E-state index in [0.717, 1.165) is 22.2 Å². The van der Waals surface area contributed by atoms with Gasteiger partial charge in [0.1, 0.15) is 29.0 Å². The van der Waals surface area contributed by atoms with E-state index in [0.29, 0.717) is 33.5 Å². The maximum Gasteiger partial charge on any atom is 0.301 e. The normalized spacial score (nSPS) is 16.7. The number of aromatic nitrogens is 1. The highest BCUT2D eigenvalue weighted by atomic mass is 32.1. The highest BCUT2D eigenvalue weighted by molar-refractivity contribution is 7.22. The summed E-state index contributed by atoms with van der Waals surface area (Å²) in [6, 6.07) is 16.7. The largest absolute Gasteiger partial charge is 0.507 e. The van der Waals surface area contributed by atoms with E-state index in [-0.39, 0.29) is 11.3 Å². The molecule has 0 bridgehead atoms. The lowest BCUT2D eigenvalue weighted by Crippen LogP contribution is -2.29. The number of ketones is 1. The smallest absolute Gasteiger partial charge is 0.301 e. The van der Waals surface area contributed by atoms with E-state index < -0.39 is 17.7 Å². The van der Waals surface area contributed by atoms with Crippen LogP contribution in [-0.4, -0.2) is 43.1 Å². The summed E-state index contributed by atoms with van der Waals surface area (Å²) in [7, 11) is 4.57.